The first-order valence-corrected chi connectivity index (χ1v) is 6.58. The summed E-state index contributed by atoms with van der Waals surface area (Å²) in [6.07, 6.45) is 0.813. The molecule has 0 spiro atoms. The molecule has 2 N–H and O–H groups in total. The summed E-state index contributed by atoms with van der Waals surface area (Å²) in [5.74, 6) is 0.733. The van der Waals surface area contributed by atoms with E-state index in [1.165, 1.54) is 5.56 Å². The van der Waals surface area contributed by atoms with Crippen LogP contribution in [0.2, 0.25) is 0 Å². The maximum absolute atomic E-state index is 11.5. The molecule has 0 fully saturated rings. The van der Waals surface area contributed by atoms with Crippen molar-refractivity contribution >= 4 is 6.03 Å². The molecule has 20 heavy (non-hydrogen) atoms. The van der Waals surface area contributed by atoms with Crippen molar-refractivity contribution in [1.82, 2.24) is 10.6 Å². The number of amides is 2. The Morgan fingerprint density at radius 3 is 2.25 bits per heavy atom. The molecule has 0 aliphatic heterocycles. The van der Waals surface area contributed by atoms with Crippen molar-refractivity contribution in [3.8, 4) is 5.75 Å². The Hall–Kier alpha value is -2.49. The number of rotatable bonds is 6. The molecular weight excluding hydrogens is 252 g/mol. The Morgan fingerprint density at radius 1 is 0.900 bits per heavy atom. The number of nitrogens with one attached hydrogen (secondary N) is 2. The van der Waals surface area contributed by atoms with E-state index >= 15 is 0 Å². The van der Waals surface area contributed by atoms with E-state index in [1.807, 2.05) is 60.7 Å². The molecule has 4 heteroatoms. The molecule has 0 aliphatic rings. The molecule has 0 aromatic heterocycles. The molecule has 4 nitrogen and oxygen atoms in total. The molecule has 0 atom stereocenters. The molecule has 0 saturated heterocycles. The number of para-hydroxylation sites is 1. The highest BCUT2D eigenvalue weighted by molar-refractivity contribution is 5.73. The Bertz CT molecular complexity index is 467. The van der Waals surface area contributed by atoms with Crippen LogP contribution in [-0.4, -0.2) is 19.3 Å². The van der Waals surface area contributed by atoms with E-state index in [0.29, 0.717) is 6.54 Å². The lowest BCUT2D eigenvalue weighted by Crippen LogP contribution is -2.38. The molecular formula is C16H18N2O2. The van der Waals surface area contributed by atoms with Crippen LogP contribution in [0, 0.1) is 0 Å². The largest absolute Gasteiger partial charge is 0.473 e. The summed E-state index contributed by atoms with van der Waals surface area (Å²) in [6.45, 7) is 0.752. The van der Waals surface area contributed by atoms with Crippen molar-refractivity contribution in [2.24, 2.45) is 0 Å². The second kappa shape index (κ2) is 7.84. The van der Waals surface area contributed by atoms with Gasteiger partial charge < -0.3 is 15.4 Å². The Morgan fingerprint density at radius 2 is 1.55 bits per heavy atom. The maximum atomic E-state index is 11.5. The predicted octanol–water partition coefficient (Wildman–Crippen LogP) is 2.56. The SMILES string of the molecule is O=C(NCCc1ccccc1)NCOc1ccccc1. The molecule has 0 bridgehead atoms. The van der Waals surface area contributed by atoms with Gasteiger partial charge in [0.1, 0.15) is 5.75 Å². The quantitative estimate of drug-likeness (QED) is 0.793. The lowest BCUT2D eigenvalue weighted by molar-refractivity contribution is 0.224. The standard InChI is InChI=1S/C16H18N2O2/c19-16(17-12-11-14-7-3-1-4-8-14)18-13-20-15-9-5-2-6-10-15/h1-10H,11-13H2,(H2,17,18,19). The number of urea groups is 1. The van der Waals surface area contributed by atoms with Gasteiger partial charge in [-0.1, -0.05) is 48.5 Å². The summed E-state index contributed by atoms with van der Waals surface area (Å²) >= 11 is 0. The summed E-state index contributed by atoms with van der Waals surface area (Å²) in [5, 5.41) is 5.43. The highest BCUT2D eigenvalue weighted by Gasteiger charge is 1.99. The van der Waals surface area contributed by atoms with E-state index in [9.17, 15) is 4.79 Å². The van der Waals surface area contributed by atoms with Gasteiger partial charge in [-0.3, -0.25) is 0 Å². The minimum Gasteiger partial charge on any atom is -0.473 e. The van der Waals surface area contributed by atoms with Gasteiger partial charge >= 0.3 is 6.03 Å². The van der Waals surface area contributed by atoms with E-state index in [2.05, 4.69) is 10.6 Å². The van der Waals surface area contributed by atoms with Gasteiger partial charge in [-0.2, -0.15) is 0 Å². The number of carbonyl (C=O) groups is 1. The lowest BCUT2D eigenvalue weighted by Gasteiger charge is -2.09. The maximum Gasteiger partial charge on any atom is 0.317 e. The van der Waals surface area contributed by atoms with Gasteiger partial charge in [0.05, 0.1) is 0 Å². The zero-order valence-electron chi connectivity index (χ0n) is 11.2. The Kier molecular flexibility index (Phi) is 5.46. The second-order valence-electron chi connectivity index (χ2n) is 4.27. The first kappa shape index (κ1) is 13.9. The van der Waals surface area contributed by atoms with Gasteiger partial charge in [0, 0.05) is 6.54 Å². The zero-order chi connectivity index (χ0) is 14.0. The lowest BCUT2D eigenvalue weighted by atomic mass is 10.1. The molecule has 2 amide bonds. The predicted molar refractivity (Wildman–Crippen MR) is 78.6 cm³/mol. The smallest absolute Gasteiger partial charge is 0.317 e. The van der Waals surface area contributed by atoms with Crippen molar-refractivity contribution < 1.29 is 9.53 Å². The van der Waals surface area contributed by atoms with Gasteiger partial charge in [0.2, 0.25) is 0 Å². The third-order valence-electron chi connectivity index (χ3n) is 2.76. The number of hydrogen-bond acceptors (Lipinski definition) is 2. The van der Waals surface area contributed by atoms with Gasteiger partial charge in [-0.15, -0.1) is 0 Å². The van der Waals surface area contributed by atoms with E-state index in [4.69, 9.17) is 4.74 Å². The summed E-state index contributed by atoms with van der Waals surface area (Å²) in [4.78, 5) is 11.5. The van der Waals surface area contributed by atoms with Crippen LogP contribution >= 0.6 is 0 Å². The monoisotopic (exact) mass is 270 g/mol. The number of ether oxygens (including phenoxy) is 1. The van der Waals surface area contributed by atoms with Gasteiger partial charge in [-0.25, -0.2) is 4.79 Å². The van der Waals surface area contributed by atoms with Crippen LogP contribution in [0.15, 0.2) is 60.7 Å². The molecule has 0 unspecified atom stereocenters. The van der Waals surface area contributed by atoms with Crippen LogP contribution in [0.25, 0.3) is 0 Å². The fraction of sp³-hybridized carbons (Fsp3) is 0.188. The topological polar surface area (TPSA) is 50.4 Å². The molecule has 2 rings (SSSR count). The first-order valence-electron chi connectivity index (χ1n) is 6.58. The molecule has 104 valence electrons. The van der Waals surface area contributed by atoms with Crippen LogP contribution in [0.5, 0.6) is 5.75 Å². The summed E-state index contributed by atoms with van der Waals surface area (Å²) < 4.78 is 5.37. The summed E-state index contributed by atoms with van der Waals surface area (Å²) in [6, 6.07) is 19.2. The first-order chi connectivity index (χ1) is 9.84. The van der Waals surface area contributed by atoms with Crippen molar-refractivity contribution in [1.29, 1.82) is 0 Å². The van der Waals surface area contributed by atoms with Crippen molar-refractivity contribution in [2.45, 2.75) is 6.42 Å². The Balaban J connectivity index is 1.59. The van der Waals surface area contributed by atoms with Crippen LogP contribution in [0.3, 0.4) is 0 Å². The van der Waals surface area contributed by atoms with E-state index in [1.54, 1.807) is 0 Å². The zero-order valence-corrected chi connectivity index (χ0v) is 11.2. The van der Waals surface area contributed by atoms with E-state index in [-0.39, 0.29) is 12.8 Å². The van der Waals surface area contributed by atoms with Crippen LogP contribution in [-0.2, 0) is 6.42 Å². The minimum absolute atomic E-state index is 0.154. The molecule has 0 saturated carbocycles. The Labute approximate surface area is 118 Å². The van der Waals surface area contributed by atoms with Gasteiger partial charge in [-0.05, 0) is 24.1 Å². The van der Waals surface area contributed by atoms with Crippen LogP contribution < -0.4 is 15.4 Å². The third-order valence-corrected chi connectivity index (χ3v) is 2.76. The molecule has 0 aliphatic carbocycles. The second-order valence-corrected chi connectivity index (χ2v) is 4.27. The number of carbonyl (C=O) groups excluding carboxylic acids is 1. The van der Waals surface area contributed by atoms with Crippen molar-refractivity contribution in [3.63, 3.8) is 0 Å². The molecule has 0 radical (unpaired) electrons. The normalized spacial score (nSPS) is 9.80. The highest BCUT2D eigenvalue weighted by Crippen LogP contribution is 2.06. The van der Waals surface area contributed by atoms with E-state index in [0.717, 1.165) is 12.2 Å². The average molecular weight is 270 g/mol. The highest BCUT2D eigenvalue weighted by atomic mass is 16.5. The average Bonchev–Trinajstić information content (AvgIpc) is 2.49. The third kappa shape index (κ3) is 5.02. The molecule has 0 heterocycles. The molecule has 2 aromatic carbocycles. The molecule has 2 aromatic rings. The van der Waals surface area contributed by atoms with E-state index < -0.39 is 0 Å². The number of hydrogen-bond donors (Lipinski definition) is 2. The summed E-state index contributed by atoms with van der Waals surface area (Å²) in [5.41, 5.74) is 1.20. The van der Waals surface area contributed by atoms with Gasteiger partial charge in [0.15, 0.2) is 6.73 Å². The van der Waals surface area contributed by atoms with Gasteiger partial charge in [0.25, 0.3) is 0 Å². The van der Waals surface area contributed by atoms with Crippen molar-refractivity contribution in [3.05, 3.63) is 66.2 Å². The fourth-order valence-corrected chi connectivity index (χ4v) is 1.73. The number of benzene rings is 2. The van der Waals surface area contributed by atoms with Crippen LogP contribution in [0.1, 0.15) is 5.56 Å². The van der Waals surface area contributed by atoms with Crippen LogP contribution in [0.4, 0.5) is 4.79 Å². The minimum atomic E-state index is -0.225. The fourth-order valence-electron chi connectivity index (χ4n) is 1.73. The summed E-state index contributed by atoms with van der Waals surface area (Å²) in [7, 11) is 0. The van der Waals surface area contributed by atoms with Crippen molar-refractivity contribution in [2.75, 3.05) is 13.3 Å².